The van der Waals surface area contributed by atoms with Crippen LogP contribution in [-0.4, -0.2) is 72.9 Å². The van der Waals surface area contributed by atoms with E-state index in [2.05, 4.69) is 17.4 Å². The van der Waals surface area contributed by atoms with E-state index in [0.717, 1.165) is 30.4 Å². The summed E-state index contributed by atoms with van der Waals surface area (Å²) in [6.45, 7) is 4.72. The number of nitrogens with two attached hydrogens (primary N) is 1. The van der Waals surface area contributed by atoms with Crippen LogP contribution in [0.4, 0.5) is 0 Å². The minimum Gasteiger partial charge on any atom is -0.374 e. The highest BCUT2D eigenvalue weighted by molar-refractivity contribution is 5.91. The fourth-order valence-electron chi connectivity index (χ4n) is 5.66. The third kappa shape index (κ3) is 6.80. The molecule has 2 atom stereocenters. The number of carbonyl (C=O) groups excluding carboxylic acids is 3. The Balaban J connectivity index is 0.00000420. The molecule has 1 aliphatic carbocycles. The van der Waals surface area contributed by atoms with Gasteiger partial charge >= 0.3 is 0 Å². The molecular formula is C30H41ClN4O4. The van der Waals surface area contributed by atoms with E-state index in [1.807, 2.05) is 47.4 Å². The van der Waals surface area contributed by atoms with Crippen LogP contribution in [-0.2, 0) is 31.1 Å². The van der Waals surface area contributed by atoms with Crippen molar-refractivity contribution in [1.29, 1.82) is 0 Å². The fourth-order valence-corrected chi connectivity index (χ4v) is 5.66. The highest BCUT2D eigenvalue weighted by Gasteiger charge is 2.48. The van der Waals surface area contributed by atoms with Crippen molar-refractivity contribution in [3.63, 3.8) is 0 Å². The summed E-state index contributed by atoms with van der Waals surface area (Å²) in [6.07, 6.45) is 2.29. The van der Waals surface area contributed by atoms with Crippen molar-refractivity contribution < 1.29 is 19.1 Å². The lowest BCUT2D eigenvalue weighted by atomic mass is 9.73. The number of ether oxygens (including phenoxy) is 1. The number of nitrogens with zero attached hydrogens (tertiary/aromatic N) is 2. The molecule has 0 aromatic heterocycles. The normalized spacial score (nSPS) is 18.6. The number of carbonyl (C=O) groups is 3. The topological polar surface area (TPSA) is 105 Å². The molecule has 1 heterocycles. The summed E-state index contributed by atoms with van der Waals surface area (Å²) in [5.74, 6) is -0.607. The van der Waals surface area contributed by atoms with E-state index in [9.17, 15) is 14.4 Å². The molecule has 4 rings (SSSR count). The van der Waals surface area contributed by atoms with E-state index >= 15 is 0 Å². The molecule has 2 aromatic rings. The monoisotopic (exact) mass is 556 g/mol. The minimum atomic E-state index is -1.12. The number of likely N-dealkylation sites (tertiary alicyclic amines) is 1. The quantitative estimate of drug-likeness (QED) is 0.520. The van der Waals surface area contributed by atoms with E-state index in [-0.39, 0.29) is 42.2 Å². The van der Waals surface area contributed by atoms with Crippen LogP contribution >= 0.6 is 12.4 Å². The molecule has 2 unspecified atom stereocenters. The molecule has 0 radical (unpaired) electrons. The molecular weight excluding hydrogens is 516 g/mol. The third-order valence-corrected chi connectivity index (χ3v) is 7.86. The lowest BCUT2D eigenvalue weighted by Crippen LogP contribution is -2.59. The molecule has 1 fully saturated rings. The fraction of sp³-hybridized carbons (Fsp3) is 0.500. The summed E-state index contributed by atoms with van der Waals surface area (Å²) < 4.78 is 5.86. The van der Waals surface area contributed by atoms with Gasteiger partial charge in [-0.25, -0.2) is 0 Å². The van der Waals surface area contributed by atoms with Gasteiger partial charge in [0.2, 0.25) is 17.7 Å². The third-order valence-electron chi connectivity index (χ3n) is 7.86. The largest absolute Gasteiger partial charge is 0.374 e. The number of halogens is 1. The highest BCUT2D eigenvalue weighted by Crippen LogP contribution is 2.52. The number of hydrogen-bond acceptors (Lipinski definition) is 5. The summed E-state index contributed by atoms with van der Waals surface area (Å²) in [6, 6.07) is 17.1. The summed E-state index contributed by atoms with van der Waals surface area (Å²) in [5, 5.41) is 2.82. The maximum absolute atomic E-state index is 13.6. The lowest BCUT2D eigenvalue weighted by Gasteiger charge is -2.41. The molecule has 1 spiro atoms. The summed E-state index contributed by atoms with van der Waals surface area (Å²) in [4.78, 5) is 42.8. The SMILES string of the molecule is CN(C)C(=O)C1CC2(CCN(C(=O)C(COCc3ccccc3)NC(=O)C(C)(C)N)CC2)c2ccccc21.Cl. The van der Waals surface area contributed by atoms with Crippen molar-refractivity contribution in [3.8, 4) is 0 Å². The van der Waals surface area contributed by atoms with Gasteiger partial charge in [0.1, 0.15) is 6.04 Å². The second-order valence-electron chi connectivity index (χ2n) is 11.4. The molecule has 0 bridgehead atoms. The molecule has 2 aromatic carbocycles. The number of rotatable bonds is 8. The number of benzene rings is 2. The molecule has 3 N–H and O–H groups in total. The van der Waals surface area contributed by atoms with E-state index in [1.54, 1.807) is 32.8 Å². The molecule has 1 saturated heterocycles. The van der Waals surface area contributed by atoms with Crippen molar-refractivity contribution in [1.82, 2.24) is 15.1 Å². The predicted octanol–water partition coefficient (Wildman–Crippen LogP) is 2.98. The number of amides is 3. The Morgan fingerprint density at radius 2 is 1.69 bits per heavy atom. The van der Waals surface area contributed by atoms with Gasteiger partial charge < -0.3 is 25.6 Å². The lowest BCUT2D eigenvalue weighted by molar-refractivity contribution is -0.141. The molecule has 1 aliphatic heterocycles. The first-order valence-electron chi connectivity index (χ1n) is 13.3. The maximum Gasteiger partial charge on any atom is 0.247 e. The standard InChI is InChI=1S/C30H40N4O4.ClH/c1-29(2,31)28(37)32-25(20-38-19-21-10-6-5-7-11-21)27(36)34-16-14-30(15-17-34)18-23(26(35)33(3)4)22-12-8-9-13-24(22)30;/h5-13,23,25H,14-20,31H2,1-4H3,(H,32,37);1H. The first-order valence-corrected chi connectivity index (χ1v) is 13.3. The van der Waals surface area contributed by atoms with Gasteiger partial charge in [0.15, 0.2) is 0 Å². The number of hydrogen-bond donors (Lipinski definition) is 2. The van der Waals surface area contributed by atoms with E-state index < -0.39 is 17.5 Å². The van der Waals surface area contributed by atoms with E-state index in [1.165, 1.54) is 5.56 Å². The van der Waals surface area contributed by atoms with Crippen LogP contribution < -0.4 is 11.1 Å². The van der Waals surface area contributed by atoms with Crippen molar-refractivity contribution in [2.45, 2.75) is 62.6 Å². The molecule has 212 valence electrons. The Labute approximate surface area is 237 Å². The Kier molecular flexibility index (Phi) is 9.80. The summed E-state index contributed by atoms with van der Waals surface area (Å²) in [5.41, 5.74) is 8.07. The van der Waals surface area contributed by atoms with Gasteiger partial charge in [-0.3, -0.25) is 14.4 Å². The van der Waals surface area contributed by atoms with Crippen molar-refractivity contribution in [2.24, 2.45) is 5.73 Å². The van der Waals surface area contributed by atoms with Crippen LogP contribution in [0.1, 0.15) is 55.7 Å². The van der Waals surface area contributed by atoms with Gasteiger partial charge in [0.25, 0.3) is 0 Å². The Morgan fingerprint density at radius 1 is 1.08 bits per heavy atom. The van der Waals surface area contributed by atoms with Crippen LogP contribution in [0.5, 0.6) is 0 Å². The van der Waals surface area contributed by atoms with Gasteiger partial charge in [-0.05, 0) is 49.8 Å². The second kappa shape index (κ2) is 12.5. The number of likely N-dealkylation sites (N-methyl/N-ethyl adjacent to an activating group) is 1. The Morgan fingerprint density at radius 3 is 2.31 bits per heavy atom. The highest BCUT2D eigenvalue weighted by atomic mass is 35.5. The number of piperidine rings is 1. The maximum atomic E-state index is 13.6. The second-order valence-corrected chi connectivity index (χ2v) is 11.4. The van der Waals surface area contributed by atoms with Gasteiger partial charge in [-0.1, -0.05) is 54.6 Å². The Bertz CT molecular complexity index is 1160. The first kappa shape index (κ1) is 30.6. The van der Waals surface area contributed by atoms with Gasteiger partial charge in [0, 0.05) is 32.6 Å². The average Bonchev–Trinajstić information content (AvgIpc) is 3.21. The summed E-state index contributed by atoms with van der Waals surface area (Å²) in [7, 11) is 3.60. The van der Waals surface area contributed by atoms with E-state index in [4.69, 9.17) is 10.5 Å². The van der Waals surface area contributed by atoms with Crippen molar-refractivity contribution in [2.75, 3.05) is 33.8 Å². The average molecular weight is 557 g/mol. The summed E-state index contributed by atoms with van der Waals surface area (Å²) >= 11 is 0. The smallest absolute Gasteiger partial charge is 0.247 e. The zero-order valence-electron chi connectivity index (χ0n) is 23.3. The molecule has 0 saturated carbocycles. The van der Waals surface area contributed by atoms with Crippen LogP contribution in [0.15, 0.2) is 54.6 Å². The predicted molar refractivity (Wildman–Crippen MR) is 154 cm³/mol. The van der Waals surface area contributed by atoms with Crippen LogP contribution in [0.25, 0.3) is 0 Å². The van der Waals surface area contributed by atoms with Crippen LogP contribution in [0.2, 0.25) is 0 Å². The van der Waals surface area contributed by atoms with Crippen molar-refractivity contribution >= 4 is 30.1 Å². The zero-order valence-corrected chi connectivity index (χ0v) is 24.1. The number of fused-ring (bicyclic) bond motifs is 2. The molecule has 8 nitrogen and oxygen atoms in total. The van der Waals surface area contributed by atoms with Gasteiger partial charge in [-0.2, -0.15) is 0 Å². The molecule has 3 amide bonds. The minimum absolute atomic E-state index is 0. The molecule has 2 aliphatic rings. The zero-order chi connectivity index (χ0) is 27.5. The van der Waals surface area contributed by atoms with Crippen LogP contribution in [0.3, 0.4) is 0 Å². The molecule has 9 heteroatoms. The van der Waals surface area contributed by atoms with Gasteiger partial charge in [0.05, 0.1) is 24.7 Å². The van der Waals surface area contributed by atoms with E-state index in [0.29, 0.717) is 19.7 Å². The number of nitrogens with one attached hydrogen (secondary N) is 1. The van der Waals surface area contributed by atoms with Crippen molar-refractivity contribution in [3.05, 3.63) is 71.3 Å². The first-order chi connectivity index (χ1) is 18.0. The molecule has 39 heavy (non-hydrogen) atoms. The Hall–Kier alpha value is -2.94. The van der Waals surface area contributed by atoms with Crippen LogP contribution in [0, 0.1) is 0 Å². The van der Waals surface area contributed by atoms with Gasteiger partial charge in [-0.15, -0.1) is 12.4 Å².